The van der Waals surface area contributed by atoms with Crippen molar-refractivity contribution in [2.45, 2.75) is 52.0 Å². The van der Waals surface area contributed by atoms with Gasteiger partial charge in [-0.15, -0.1) is 0 Å². The number of carboxylic acids is 1. The minimum absolute atomic E-state index is 0.263. The van der Waals surface area contributed by atoms with E-state index in [4.69, 9.17) is 4.98 Å². The Morgan fingerprint density at radius 2 is 2.00 bits per heavy atom. The first kappa shape index (κ1) is 18.5. The fraction of sp³-hybridized carbons (Fsp3) is 0.409. The Kier molecular flexibility index (Phi) is 4.57. The van der Waals surface area contributed by atoms with Gasteiger partial charge in [-0.1, -0.05) is 43.2 Å². The summed E-state index contributed by atoms with van der Waals surface area (Å²) in [6.45, 7) is 4.80. The van der Waals surface area contributed by atoms with Gasteiger partial charge < -0.3 is 9.67 Å². The van der Waals surface area contributed by atoms with Crippen molar-refractivity contribution in [3.8, 4) is 11.1 Å². The number of aryl methyl sites for hydroxylation is 4. The number of pyridine rings is 1. The molecule has 2 aromatic heterocycles. The van der Waals surface area contributed by atoms with Crippen LogP contribution < -0.4 is 5.56 Å². The third kappa shape index (κ3) is 2.75. The van der Waals surface area contributed by atoms with Gasteiger partial charge in [-0.05, 0) is 25.3 Å². The van der Waals surface area contributed by atoms with Crippen molar-refractivity contribution in [3.05, 3.63) is 51.6 Å². The molecule has 0 spiro atoms. The minimum Gasteiger partial charge on any atom is -0.481 e. The molecule has 146 valence electrons. The minimum atomic E-state index is -0.951. The molecule has 1 aliphatic rings. The summed E-state index contributed by atoms with van der Waals surface area (Å²) in [5, 5.41) is 9.93. The van der Waals surface area contributed by atoms with Crippen molar-refractivity contribution in [2.75, 3.05) is 0 Å². The van der Waals surface area contributed by atoms with E-state index < -0.39 is 11.9 Å². The Bertz CT molecular complexity index is 1120. The molecule has 0 amide bonds. The summed E-state index contributed by atoms with van der Waals surface area (Å²) in [5.41, 5.74) is 4.37. The number of hydrogen-bond donors (Lipinski definition) is 1. The number of rotatable bonds is 5. The van der Waals surface area contributed by atoms with Crippen LogP contribution in [0, 0.1) is 6.92 Å². The van der Waals surface area contributed by atoms with E-state index in [1.165, 1.54) is 4.57 Å². The molecule has 0 saturated heterocycles. The smallest absolute Gasteiger partial charge is 0.311 e. The summed E-state index contributed by atoms with van der Waals surface area (Å²) in [4.78, 5) is 30.2. The van der Waals surface area contributed by atoms with Crippen LogP contribution >= 0.6 is 0 Å². The second-order valence-corrected chi connectivity index (χ2v) is 7.65. The molecule has 1 atom stereocenters. The van der Waals surface area contributed by atoms with Crippen LogP contribution in [-0.4, -0.2) is 25.2 Å². The number of carbonyl (C=O) groups is 1. The van der Waals surface area contributed by atoms with Crippen molar-refractivity contribution in [1.82, 2.24) is 14.1 Å². The SMILES string of the molecule is CCCC(C(=O)O)c1c(-c2ccc(C)cc2)c2c(nc3n2CCC3)n(C)c1=O. The zero-order valence-corrected chi connectivity index (χ0v) is 16.5. The predicted octanol–water partition coefficient (Wildman–Crippen LogP) is 3.62. The number of imidazole rings is 1. The summed E-state index contributed by atoms with van der Waals surface area (Å²) in [6.07, 6.45) is 3.01. The summed E-state index contributed by atoms with van der Waals surface area (Å²) < 4.78 is 3.69. The van der Waals surface area contributed by atoms with Crippen molar-refractivity contribution in [2.24, 2.45) is 7.05 Å². The normalized spacial score (nSPS) is 14.4. The Morgan fingerprint density at radius 3 is 2.64 bits per heavy atom. The van der Waals surface area contributed by atoms with Gasteiger partial charge in [0.25, 0.3) is 5.56 Å². The molecule has 6 nitrogen and oxygen atoms in total. The zero-order chi connectivity index (χ0) is 20.0. The molecule has 1 N–H and O–H groups in total. The van der Waals surface area contributed by atoms with E-state index in [0.29, 0.717) is 24.1 Å². The van der Waals surface area contributed by atoms with E-state index in [9.17, 15) is 14.7 Å². The molecule has 3 heterocycles. The van der Waals surface area contributed by atoms with Gasteiger partial charge in [-0.3, -0.25) is 14.2 Å². The first-order valence-corrected chi connectivity index (χ1v) is 9.85. The maximum Gasteiger partial charge on any atom is 0.311 e. The highest BCUT2D eigenvalue weighted by Crippen LogP contribution is 2.37. The Labute approximate surface area is 163 Å². The summed E-state index contributed by atoms with van der Waals surface area (Å²) >= 11 is 0. The van der Waals surface area contributed by atoms with Gasteiger partial charge in [-0.25, -0.2) is 4.98 Å². The van der Waals surface area contributed by atoms with Crippen LogP contribution in [0.2, 0.25) is 0 Å². The standard InChI is InChI=1S/C22H25N3O3/c1-4-6-15(22(27)28)18-17(14-10-8-13(2)9-11-14)19-20(24(3)21(18)26)23-16-7-5-12-25(16)19/h8-11,15H,4-7,12H2,1-3H3,(H,27,28). The van der Waals surface area contributed by atoms with E-state index in [2.05, 4.69) is 4.57 Å². The number of nitrogens with zero attached hydrogens (tertiary/aromatic N) is 3. The topological polar surface area (TPSA) is 77.1 Å². The van der Waals surface area contributed by atoms with Crippen LogP contribution in [0.1, 0.15) is 49.1 Å². The lowest BCUT2D eigenvalue weighted by atomic mass is 9.88. The van der Waals surface area contributed by atoms with E-state index >= 15 is 0 Å². The van der Waals surface area contributed by atoms with Crippen LogP contribution in [0.5, 0.6) is 0 Å². The molecule has 28 heavy (non-hydrogen) atoms. The molecule has 0 saturated carbocycles. The quantitative estimate of drug-likeness (QED) is 0.734. The lowest BCUT2D eigenvalue weighted by molar-refractivity contribution is -0.139. The second kappa shape index (κ2) is 6.93. The molecule has 3 aromatic rings. The van der Waals surface area contributed by atoms with Gasteiger partial charge >= 0.3 is 5.97 Å². The predicted molar refractivity (Wildman–Crippen MR) is 109 cm³/mol. The molecule has 6 heteroatoms. The Balaban J connectivity index is 2.16. The average Bonchev–Trinajstić information content (AvgIpc) is 3.25. The number of aliphatic carboxylic acids is 1. The van der Waals surface area contributed by atoms with Gasteiger partial charge in [0.1, 0.15) is 5.82 Å². The van der Waals surface area contributed by atoms with Crippen molar-refractivity contribution in [1.29, 1.82) is 0 Å². The van der Waals surface area contributed by atoms with Crippen molar-refractivity contribution < 1.29 is 9.90 Å². The van der Waals surface area contributed by atoms with Gasteiger partial charge in [0.2, 0.25) is 0 Å². The van der Waals surface area contributed by atoms with Crippen LogP contribution in [0.25, 0.3) is 22.3 Å². The first-order valence-electron chi connectivity index (χ1n) is 9.85. The highest BCUT2D eigenvalue weighted by atomic mass is 16.4. The maximum absolute atomic E-state index is 13.3. The zero-order valence-electron chi connectivity index (χ0n) is 16.5. The van der Waals surface area contributed by atoms with E-state index in [1.807, 2.05) is 38.1 Å². The van der Waals surface area contributed by atoms with E-state index in [1.54, 1.807) is 7.05 Å². The highest BCUT2D eigenvalue weighted by molar-refractivity contribution is 5.95. The second-order valence-electron chi connectivity index (χ2n) is 7.65. The Hall–Kier alpha value is -2.89. The van der Waals surface area contributed by atoms with Crippen LogP contribution in [0.3, 0.4) is 0 Å². The number of benzene rings is 1. The maximum atomic E-state index is 13.3. The lowest BCUT2D eigenvalue weighted by Crippen LogP contribution is -2.28. The van der Waals surface area contributed by atoms with Crippen LogP contribution in [0.15, 0.2) is 29.1 Å². The number of carboxylic acid groups (broad SMARTS) is 1. The van der Waals surface area contributed by atoms with Gasteiger partial charge in [0, 0.05) is 31.1 Å². The van der Waals surface area contributed by atoms with Gasteiger partial charge in [-0.2, -0.15) is 0 Å². The molecule has 1 aromatic carbocycles. The molecule has 1 aliphatic heterocycles. The van der Waals surface area contributed by atoms with E-state index in [0.717, 1.165) is 47.4 Å². The fourth-order valence-corrected chi connectivity index (χ4v) is 4.32. The molecule has 0 radical (unpaired) electrons. The van der Waals surface area contributed by atoms with Gasteiger partial charge in [0.15, 0.2) is 5.65 Å². The largest absolute Gasteiger partial charge is 0.481 e. The van der Waals surface area contributed by atoms with E-state index in [-0.39, 0.29) is 5.56 Å². The lowest BCUT2D eigenvalue weighted by Gasteiger charge is -2.19. The molecule has 4 rings (SSSR count). The number of aromatic nitrogens is 3. The summed E-state index contributed by atoms with van der Waals surface area (Å²) in [6, 6.07) is 7.96. The van der Waals surface area contributed by atoms with Crippen LogP contribution in [0.4, 0.5) is 0 Å². The number of hydrogen-bond acceptors (Lipinski definition) is 3. The summed E-state index contributed by atoms with van der Waals surface area (Å²) in [5.74, 6) is -0.817. The molecular formula is C22H25N3O3. The third-order valence-electron chi connectivity index (χ3n) is 5.73. The Morgan fingerprint density at radius 1 is 1.29 bits per heavy atom. The molecular weight excluding hydrogens is 354 g/mol. The molecule has 0 bridgehead atoms. The van der Waals surface area contributed by atoms with Crippen molar-refractivity contribution >= 4 is 17.1 Å². The average molecular weight is 379 g/mol. The van der Waals surface area contributed by atoms with Crippen LogP contribution in [-0.2, 0) is 24.8 Å². The number of fused-ring (bicyclic) bond motifs is 3. The first-order chi connectivity index (χ1) is 13.4. The van der Waals surface area contributed by atoms with Gasteiger partial charge in [0.05, 0.1) is 11.4 Å². The molecule has 0 aliphatic carbocycles. The molecule has 0 fully saturated rings. The highest BCUT2D eigenvalue weighted by Gasteiger charge is 2.31. The third-order valence-corrected chi connectivity index (χ3v) is 5.73. The van der Waals surface area contributed by atoms with Crippen molar-refractivity contribution in [3.63, 3.8) is 0 Å². The molecule has 1 unspecified atom stereocenters. The summed E-state index contributed by atoms with van der Waals surface area (Å²) in [7, 11) is 1.70. The monoisotopic (exact) mass is 379 g/mol. The fourth-order valence-electron chi connectivity index (χ4n) is 4.32.